The van der Waals surface area contributed by atoms with E-state index in [0.717, 1.165) is 51.8 Å². The highest BCUT2D eigenvalue weighted by Crippen LogP contribution is 2.15. The van der Waals surface area contributed by atoms with Gasteiger partial charge in [-0.25, -0.2) is 0 Å². The molecule has 106 valence electrons. The van der Waals surface area contributed by atoms with Crippen LogP contribution in [0.15, 0.2) is 0 Å². The molecule has 4 nitrogen and oxygen atoms in total. The molecule has 4 heteroatoms. The van der Waals surface area contributed by atoms with Crippen molar-refractivity contribution < 1.29 is 9.53 Å². The van der Waals surface area contributed by atoms with Gasteiger partial charge >= 0.3 is 0 Å². The van der Waals surface area contributed by atoms with Gasteiger partial charge < -0.3 is 15.4 Å². The lowest BCUT2D eigenvalue weighted by molar-refractivity contribution is -0.133. The summed E-state index contributed by atoms with van der Waals surface area (Å²) in [5.74, 6) is 0.323. The predicted molar refractivity (Wildman–Crippen MR) is 73.4 cm³/mol. The summed E-state index contributed by atoms with van der Waals surface area (Å²) in [6.45, 7) is 5.32. The van der Waals surface area contributed by atoms with Gasteiger partial charge in [0.25, 0.3) is 0 Å². The minimum atomic E-state index is 0.323. The number of piperidine rings is 1. The number of unbranched alkanes of at least 4 members (excludes halogenated alkanes) is 2. The third kappa shape index (κ3) is 5.83. The molecule has 0 saturated carbocycles. The summed E-state index contributed by atoms with van der Waals surface area (Å²) in [5, 5.41) is 0. The highest BCUT2D eigenvalue weighted by molar-refractivity contribution is 5.76. The molecule has 18 heavy (non-hydrogen) atoms. The molecule has 2 N–H and O–H groups in total. The van der Waals surface area contributed by atoms with Gasteiger partial charge in [-0.3, -0.25) is 4.79 Å². The van der Waals surface area contributed by atoms with Gasteiger partial charge in [-0.05, 0) is 32.2 Å². The second-order valence-corrected chi connectivity index (χ2v) is 5.05. The molecule has 0 aromatic carbocycles. The van der Waals surface area contributed by atoms with Crippen LogP contribution in [0, 0.1) is 0 Å². The van der Waals surface area contributed by atoms with Crippen LogP contribution in [-0.4, -0.2) is 43.2 Å². The second-order valence-electron chi connectivity index (χ2n) is 5.05. The number of rotatable bonds is 8. The standard InChI is InChI=1S/C14H28N2O2/c1-2-3-4-6-14(17)16-10-7-13(8-11-16)18-12-5-9-15/h13H,2-12,15H2,1H3. The number of hydrogen-bond acceptors (Lipinski definition) is 3. The van der Waals surface area contributed by atoms with Crippen LogP contribution in [0.1, 0.15) is 51.9 Å². The van der Waals surface area contributed by atoms with Gasteiger partial charge in [0.1, 0.15) is 0 Å². The van der Waals surface area contributed by atoms with Crippen molar-refractivity contribution in [2.75, 3.05) is 26.2 Å². The third-order valence-electron chi connectivity index (χ3n) is 3.49. The lowest BCUT2D eigenvalue weighted by atomic mass is 10.1. The minimum Gasteiger partial charge on any atom is -0.378 e. The van der Waals surface area contributed by atoms with Crippen molar-refractivity contribution in [1.29, 1.82) is 0 Å². The van der Waals surface area contributed by atoms with Gasteiger partial charge in [0.2, 0.25) is 5.91 Å². The molecule has 1 rings (SSSR count). The average Bonchev–Trinajstić information content (AvgIpc) is 2.40. The van der Waals surface area contributed by atoms with Gasteiger partial charge in [0, 0.05) is 26.1 Å². The first-order valence-corrected chi connectivity index (χ1v) is 7.37. The van der Waals surface area contributed by atoms with E-state index in [1.807, 2.05) is 4.90 Å². The zero-order valence-corrected chi connectivity index (χ0v) is 11.7. The first kappa shape index (κ1) is 15.4. The van der Waals surface area contributed by atoms with Crippen molar-refractivity contribution in [2.45, 2.75) is 58.0 Å². The molecule has 1 aliphatic rings. The van der Waals surface area contributed by atoms with Crippen molar-refractivity contribution in [3.8, 4) is 0 Å². The Morgan fingerprint density at radius 2 is 2.00 bits per heavy atom. The Hall–Kier alpha value is -0.610. The van der Waals surface area contributed by atoms with Crippen molar-refractivity contribution in [3.05, 3.63) is 0 Å². The van der Waals surface area contributed by atoms with Crippen LogP contribution < -0.4 is 5.73 Å². The van der Waals surface area contributed by atoms with E-state index in [-0.39, 0.29) is 0 Å². The van der Waals surface area contributed by atoms with E-state index >= 15 is 0 Å². The minimum absolute atomic E-state index is 0.323. The smallest absolute Gasteiger partial charge is 0.222 e. The Balaban J connectivity index is 2.12. The maximum absolute atomic E-state index is 11.9. The molecule has 0 aliphatic carbocycles. The number of carbonyl (C=O) groups excluding carboxylic acids is 1. The summed E-state index contributed by atoms with van der Waals surface area (Å²) in [6, 6.07) is 0. The van der Waals surface area contributed by atoms with E-state index in [2.05, 4.69) is 6.92 Å². The van der Waals surface area contributed by atoms with Crippen LogP contribution in [0.2, 0.25) is 0 Å². The summed E-state index contributed by atoms with van der Waals surface area (Å²) in [4.78, 5) is 13.9. The van der Waals surface area contributed by atoms with E-state index in [1.165, 1.54) is 6.42 Å². The highest BCUT2D eigenvalue weighted by atomic mass is 16.5. The summed E-state index contributed by atoms with van der Waals surface area (Å²) in [6.07, 6.45) is 7.28. The quantitative estimate of drug-likeness (QED) is 0.675. The van der Waals surface area contributed by atoms with Crippen molar-refractivity contribution in [2.24, 2.45) is 5.73 Å². The molecule has 1 amide bonds. The van der Waals surface area contributed by atoms with Gasteiger partial charge in [-0.2, -0.15) is 0 Å². The predicted octanol–water partition coefficient (Wildman–Crippen LogP) is 1.92. The van der Waals surface area contributed by atoms with Gasteiger partial charge in [-0.1, -0.05) is 19.8 Å². The Labute approximate surface area is 111 Å². The zero-order valence-electron chi connectivity index (χ0n) is 11.7. The van der Waals surface area contributed by atoms with Crippen molar-refractivity contribution in [1.82, 2.24) is 4.90 Å². The Bertz CT molecular complexity index is 226. The molecule has 1 heterocycles. The molecule has 0 aromatic heterocycles. The summed E-state index contributed by atoms with van der Waals surface area (Å²) < 4.78 is 5.73. The molecule has 1 saturated heterocycles. The molecule has 1 aliphatic heterocycles. The van der Waals surface area contributed by atoms with Crippen LogP contribution in [0.3, 0.4) is 0 Å². The number of carbonyl (C=O) groups is 1. The summed E-state index contributed by atoms with van der Waals surface area (Å²) in [5.41, 5.74) is 5.43. The lowest BCUT2D eigenvalue weighted by Gasteiger charge is -2.32. The van der Waals surface area contributed by atoms with E-state index in [9.17, 15) is 4.79 Å². The number of likely N-dealkylation sites (tertiary alicyclic amines) is 1. The van der Waals surface area contributed by atoms with Crippen LogP contribution in [0.5, 0.6) is 0 Å². The molecular formula is C14H28N2O2. The van der Waals surface area contributed by atoms with E-state index in [4.69, 9.17) is 10.5 Å². The normalized spacial score (nSPS) is 17.1. The van der Waals surface area contributed by atoms with Crippen LogP contribution in [0.25, 0.3) is 0 Å². The number of nitrogens with two attached hydrogens (primary N) is 1. The summed E-state index contributed by atoms with van der Waals surface area (Å²) >= 11 is 0. The molecule has 1 fully saturated rings. The molecule has 0 bridgehead atoms. The highest BCUT2D eigenvalue weighted by Gasteiger charge is 2.22. The molecule has 0 atom stereocenters. The van der Waals surface area contributed by atoms with Gasteiger partial charge in [0.15, 0.2) is 0 Å². The topological polar surface area (TPSA) is 55.6 Å². The number of ether oxygens (including phenoxy) is 1. The van der Waals surface area contributed by atoms with Crippen molar-refractivity contribution in [3.63, 3.8) is 0 Å². The molecular weight excluding hydrogens is 228 g/mol. The average molecular weight is 256 g/mol. The fourth-order valence-electron chi connectivity index (χ4n) is 2.29. The Kier molecular flexibility index (Phi) is 8.01. The van der Waals surface area contributed by atoms with Crippen LogP contribution in [-0.2, 0) is 9.53 Å². The molecule has 0 spiro atoms. The lowest BCUT2D eigenvalue weighted by Crippen LogP contribution is -2.40. The SMILES string of the molecule is CCCCCC(=O)N1CCC(OCCCN)CC1. The largest absolute Gasteiger partial charge is 0.378 e. The van der Waals surface area contributed by atoms with E-state index in [1.54, 1.807) is 0 Å². The maximum atomic E-state index is 11.9. The van der Waals surface area contributed by atoms with E-state index in [0.29, 0.717) is 25.0 Å². The maximum Gasteiger partial charge on any atom is 0.222 e. The fraction of sp³-hybridized carbons (Fsp3) is 0.929. The number of hydrogen-bond donors (Lipinski definition) is 1. The number of nitrogens with zero attached hydrogens (tertiary/aromatic N) is 1. The van der Waals surface area contributed by atoms with Crippen LogP contribution in [0.4, 0.5) is 0 Å². The summed E-state index contributed by atoms with van der Waals surface area (Å²) in [7, 11) is 0. The van der Waals surface area contributed by atoms with Gasteiger partial charge in [-0.15, -0.1) is 0 Å². The Morgan fingerprint density at radius 1 is 1.28 bits per heavy atom. The van der Waals surface area contributed by atoms with Crippen LogP contribution >= 0.6 is 0 Å². The molecule has 0 radical (unpaired) electrons. The first-order chi connectivity index (χ1) is 8.77. The Morgan fingerprint density at radius 3 is 2.61 bits per heavy atom. The van der Waals surface area contributed by atoms with E-state index < -0.39 is 0 Å². The molecule has 0 unspecified atom stereocenters. The monoisotopic (exact) mass is 256 g/mol. The fourth-order valence-corrected chi connectivity index (χ4v) is 2.29. The number of amides is 1. The third-order valence-corrected chi connectivity index (χ3v) is 3.49. The van der Waals surface area contributed by atoms with Crippen molar-refractivity contribution >= 4 is 5.91 Å². The molecule has 0 aromatic rings. The van der Waals surface area contributed by atoms with Gasteiger partial charge in [0.05, 0.1) is 6.10 Å². The first-order valence-electron chi connectivity index (χ1n) is 7.37. The second kappa shape index (κ2) is 9.34. The zero-order chi connectivity index (χ0) is 13.2.